The monoisotopic (exact) mass is 136 g/mol. The van der Waals surface area contributed by atoms with Gasteiger partial charge in [0.2, 0.25) is 5.92 Å². The van der Waals surface area contributed by atoms with Crippen molar-refractivity contribution in [1.82, 2.24) is 0 Å². The van der Waals surface area contributed by atoms with Crippen molar-refractivity contribution in [3.63, 3.8) is 0 Å². The molecular formula is C6H10F2O. The molecule has 1 rings (SSSR count). The van der Waals surface area contributed by atoms with E-state index in [9.17, 15) is 8.78 Å². The smallest absolute Gasteiger partial charge is 0.248 e. The fraction of sp³-hybridized carbons (Fsp3) is 1.00. The predicted molar refractivity (Wildman–Crippen MR) is 29.4 cm³/mol. The molecule has 1 N–H and O–H groups in total. The Morgan fingerprint density at radius 3 is 2.11 bits per heavy atom. The van der Waals surface area contributed by atoms with Gasteiger partial charge in [-0.3, -0.25) is 0 Å². The maximum Gasteiger partial charge on any atom is 0.248 e. The van der Waals surface area contributed by atoms with Crippen LogP contribution in [0.5, 0.6) is 0 Å². The van der Waals surface area contributed by atoms with Crippen LogP contribution in [0.4, 0.5) is 8.78 Å². The summed E-state index contributed by atoms with van der Waals surface area (Å²) in [5.74, 6) is -2.65. The van der Waals surface area contributed by atoms with Crippen LogP contribution < -0.4 is 0 Å². The van der Waals surface area contributed by atoms with Crippen LogP contribution in [0.15, 0.2) is 0 Å². The summed E-state index contributed by atoms with van der Waals surface area (Å²) >= 11 is 0. The molecule has 3 heteroatoms. The summed E-state index contributed by atoms with van der Waals surface area (Å²) in [6, 6.07) is 0. The molecule has 0 spiro atoms. The van der Waals surface area contributed by atoms with Crippen molar-refractivity contribution < 1.29 is 13.9 Å². The first-order valence-corrected chi connectivity index (χ1v) is 3.07. The number of hydrogen-bond acceptors (Lipinski definition) is 1. The first-order chi connectivity index (χ1) is 4.01. The van der Waals surface area contributed by atoms with E-state index in [0.717, 1.165) is 0 Å². The highest BCUT2D eigenvalue weighted by Gasteiger charge is 2.46. The quantitative estimate of drug-likeness (QED) is 0.577. The van der Waals surface area contributed by atoms with E-state index in [-0.39, 0.29) is 18.8 Å². The number of alkyl halides is 2. The van der Waals surface area contributed by atoms with Crippen molar-refractivity contribution in [2.75, 3.05) is 0 Å². The Kier molecular flexibility index (Phi) is 1.47. The average Bonchev–Trinajstić information content (AvgIpc) is 1.59. The molecule has 0 bridgehead atoms. The first kappa shape index (κ1) is 6.93. The average molecular weight is 136 g/mol. The second kappa shape index (κ2) is 1.90. The van der Waals surface area contributed by atoms with Crippen LogP contribution >= 0.6 is 0 Å². The second-order valence-corrected chi connectivity index (χ2v) is 2.76. The van der Waals surface area contributed by atoms with E-state index in [1.165, 1.54) is 0 Å². The number of aliphatic hydroxyl groups excluding tert-OH is 1. The molecule has 1 aliphatic rings. The Bertz CT molecular complexity index is 104. The van der Waals surface area contributed by atoms with Gasteiger partial charge in [-0.05, 0) is 12.8 Å². The first-order valence-electron chi connectivity index (χ1n) is 3.07. The molecule has 54 valence electrons. The van der Waals surface area contributed by atoms with Crippen molar-refractivity contribution in [2.45, 2.75) is 31.8 Å². The minimum Gasteiger partial charge on any atom is -0.393 e. The zero-order valence-corrected chi connectivity index (χ0v) is 5.27. The van der Waals surface area contributed by atoms with E-state index in [0.29, 0.717) is 0 Å². The lowest BCUT2D eigenvalue weighted by atomic mass is 9.78. The minimum atomic E-state index is -2.48. The van der Waals surface area contributed by atoms with E-state index in [1.54, 1.807) is 6.92 Å². The molecule has 0 amide bonds. The fourth-order valence-electron chi connectivity index (χ4n) is 1.05. The molecule has 0 unspecified atom stereocenters. The van der Waals surface area contributed by atoms with Crippen LogP contribution in [0.25, 0.3) is 0 Å². The Morgan fingerprint density at radius 1 is 1.56 bits per heavy atom. The molecule has 0 radical (unpaired) electrons. The third-order valence-corrected chi connectivity index (χ3v) is 1.80. The van der Waals surface area contributed by atoms with Crippen molar-refractivity contribution >= 4 is 0 Å². The van der Waals surface area contributed by atoms with Gasteiger partial charge in [-0.1, -0.05) is 0 Å². The normalized spacial score (nSPS) is 29.3. The highest BCUT2D eigenvalue weighted by atomic mass is 19.3. The van der Waals surface area contributed by atoms with Gasteiger partial charge in [0.25, 0.3) is 0 Å². The zero-order chi connectivity index (χ0) is 7.07. The summed E-state index contributed by atoms with van der Waals surface area (Å²) in [6.45, 7) is 1.56. The minimum absolute atomic E-state index is 0.134. The highest BCUT2D eigenvalue weighted by molar-refractivity contribution is 4.88. The summed E-state index contributed by atoms with van der Waals surface area (Å²) in [5, 5.41) is 8.77. The van der Waals surface area contributed by atoms with Gasteiger partial charge in [-0.15, -0.1) is 0 Å². The van der Waals surface area contributed by atoms with Gasteiger partial charge in [-0.25, -0.2) is 8.78 Å². The molecule has 0 aliphatic heterocycles. The highest BCUT2D eigenvalue weighted by Crippen LogP contribution is 2.43. The molecule has 1 atom stereocenters. The van der Waals surface area contributed by atoms with Gasteiger partial charge >= 0.3 is 0 Å². The largest absolute Gasteiger partial charge is 0.393 e. The van der Waals surface area contributed by atoms with Crippen molar-refractivity contribution in [3.8, 4) is 0 Å². The summed E-state index contributed by atoms with van der Waals surface area (Å²) in [6.07, 6.45) is -0.834. The van der Waals surface area contributed by atoms with Gasteiger partial charge in [-0.2, -0.15) is 0 Å². The maximum atomic E-state index is 12.0. The van der Waals surface area contributed by atoms with Crippen molar-refractivity contribution in [1.29, 1.82) is 0 Å². The van der Waals surface area contributed by atoms with E-state index in [1.807, 2.05) is 0 Å². The van der Waals surface area contributed by atoms with Gasteiger partial charge in [0.15, 0.2) is 0 Å². The SMILES string of the molecule is C[C@H](O)C1CC(F)(F)C1. The Morgan fingerprint density at radius 2 is 2.00 bits per heavy atom. The molecule has 0 aromatic heterocycles. The number of hydrogen-bond donors (Lipinski definition) is 1. The van der Waals surface area contributed by atoms with E-state index in [4.69, 9.17) is 5.11 Å². The fourth-order valence-corrected chi connectivity index (χ4v) is 1.05. The molecule has 0 aromatic rings. The van der Waals surface area contributed by atoms with E-state index < -0.39 is 12.0 Å². The predicted octanol–water partition coefficient (Wildman–Crippen LogP) is 1.41. The van der Waals surface area contributed by atoms with Crippen LogP contribution in [0.1, 0.15) is 19.8 Å². The lowest BCUT2D eigenvalue weighted by molar-refractivity contribution is -0.137. The Balaban J connectivity index is 2.27. The van der Waals surface area contributed by atoms with Crippen molar-refractivity contribution in [3.05, 3.63) is 0 Å². The van der Waals surface area contributed by atoms with Crippen LogP contribution in [-0.2, 0) is 0 Å². The zero-order valence-electron chi connectivity index (χ0n) is 5.27. The molecule has 1 saturated carbocycles. The summed E-state index contributed by atoms with van der Waals surface area (Å²) in [7, 11) is 0. The van der Waals surface area contributed by atoms with E-state index >= 15 is 0 Å². The molecule has 0 heterocycles. The van der Waals surface area contributed by atoms with Gasteiger partial charge in [0.05, 0.1) is 6.10 Å². The number of aliphatic hydroxyl groups is 1. The standard InChI is InChI=1S/C6H10F2O/c1-4(9)5-2-6(7,8)3-5/h4-5,9H,2-3H2,1H3/t4-/m0/s1. The topological polar surface area (TPSA) is 20.2 Å². The van der Waals surface area contributed by atoms with Crippen LogP contribution in [0.2, 0.25) is 0 Å². The van der Waals surface area contributed by atoms with Gasteiger partial charge in [0.1, 0.15) is 0 Å². The number of rotatable bonds is 1. The molecule has 0 aromatic carbocycles. The molecule has 1 nitrogen and oxygen atoms in total. The lowest BCUT2D eigenvalue weighted by Crippen LogP contribution is -2.40. The van der Waals surface area contributed by atoms with Crippen LogP contribution in [0.3, 0.4) is 0 Å². The third kappa shape index (κ3) is 1.39. The Hall–Kier alpha value is -0.180. The third-order valence-electron chi connectivity index (χ3n) is 1.80. The Labute approximate surface area is 52.7 Å². The van der Waals surface area contributed by atoms with Gasteiger partial charge < -0.3 is 5.11 Å². The summed E-state index contributed by atoms with van der Waals surface area (Å²) < 4.78 is 24.1. The molecule has 1 fully saturated rings. The van der Waals surface area contributed by atoms with Crippen LogP contribution in [0, 0.1) is 5.92 Å². The molecule has 0 saturated heterocycles. The van der Waals surface area contributed by atoms with Crippen molar-refractivity contribution in [2.24, 2.45) is 5.92 Å². The second-order valence-electron chi connectivity index (χ2n) is 2.76. The lowest BCUT2D eigenvalue weighted by Gasteiger charge is -2.36. The summed E-state index contributed by atoms with van der Waals surface area (Å²) in [5.41, 5.74) is 0. The van der Waals surface area contributed by atoms with Gasteiger partial charge in [0, 0.05) is 12.8 Å². The maximum absolute atomic E-state index is 12.0. The number of halogens is 2. The van der Waals surface area contributed by atoms with Crippen LogP contribution in [-0.4, -0.2) is 17.1 Å². The molecule has 1 aliphatic carbocycles. The summed E-state index contributed by atoms with van der Waals surface area (Å²) in [4.78, 5) is 0. The molecular weight excluding hydrogens is 126 g/mol. The van der Waals surface area contributed by atoms with E-state index in [2.05, 4.69) is 0 Å². The molecule has 9 heavy (non-hydrogen) atoms.